The second-order valence-electron chi connectivity index (χ2n) is 11.9. The maximum atomic E-state index is 6.32. The molecule has 47 heavy (non-hydrogen) atoms. The second-order valence-corrected chi connectivity index (χ2v) is 11.9. The molecule has 0 atom stereocenters. The fourth-order valence-electron chi connectivity index (χ4n) is 5.70. The van der Waals surface area contributed by atoms with Crippen molar-refractivity contribution < 1.29 is 4.74 Å². The Kier molecular flexibility index (Phi) is 9.38. The lowest BCUT2D eigenvalue weighted by Crippen LogP contribution is -2.25. The van der Waals surface area contributed by atoms with E-state index in [2.05, 4.69) is 66.7 Å². The van der Waals surface area contributed by atoms with Gasteiger partial charge < -0.3 is 25.8 Å². The maximum absolute atomic E-state index is 6.32. The molecule has 6 aromatic rings. The van der Waals surface area contributed by atoms with Gasteiger partial charge >= 0.3 is 0 Å². The van der Waals surface area contributed by atoms with E-state index in [-0.39, 0.29) is 6.04 Å². The fourth-order valence-corrected chi connectivity index (χ4v) is 5.70. The highest BCUT2D eigenvalue weighted by molar-refractivity contribution is 6.00. The van der Waals surface area contributed by atoms with Crippen LogP contribution in [0.4, 0.5) is 0 Å². The Labute approximate surface area is 276 Å². The average Bonchev–Trinajstić information content (AvgIpc) is 3.74. The van der Waals surface area contributed by atoms with Crippen LogP contribution in [0.25, 0.3) is 50.5 Å². The van der Waals surface area contributed by atoms with Crippen LogP contribution in [0, 0.1) is 0 Å². The smallest absolute Gasteiger partial charge is 0.138 e. The molecule has 8 heteroatoms. The number of nitrogens with zero attached hydrogens (tertiary/aromatic N) is 3. The van der Waals surface area contributed by atoms with Crippen molar-refractivity contribution in [1.82, 2.24) is 25.3 Å². The Morgan fingerprint density at radius 3 is 1.70 bits per heavy atom. The summed E-state index contributed by atoms with van der Waals surface area (Å²) in [4.78, 5) is 21.2. The van der Waals surface area contributed by atoms with Crippen LogP contribution in [0.3, 0.4) is 0 Å². The number of nitrogens with two attached hydrogens (primary N) is 1. The minimum absolute atomic E-state index is 0.237. The summed E-state index contributed by atoms with van der Waals surface area (Å²) in [5, 5.41) is 3.54. The van der Waals surface area contributed by atoms with Crippen LogP contribution in [0.15, 0.2) is 96.5 Å². The van der Waals surface area contributed by atoms with E-state index in [0.717, 1.165) is 98.8 Å². The lowest BCUT2D eigenvalue weighted by molar-refractivity contribution is 0.483. The molecular weight excluding hydrogens is 582 g/mol. The van der Waals surface area contributed by atoms with Crippen molar-refractivity contribution in [2.45, 2.75) is 65.5 Å². The Morgan fingerprint density at radius 1 is 0.723 bits per heavy atom. The Balaban J connectivity index is 1.12. The zero-order valence-electron chi connectivity index (χ0n) is 27.6. The molecule has 0 radical (unpaired) electrons. The van der Waals surface area contributed by atoms with Crippen LogP contribution in [0.1, 0.15) is 64.5 Å². The molecule has 2 heterocycles. The summed E-state index contributed by atoms with van der Waals surface area (Å²) in [7, 11) is 0. The van der Waals surface area contributed by atoms with Gasteiger partial charge in [0.2, 0.25) is 0 Å². The highest BCUT2D eigenvalue weighted by Gasteiger charge is 2.12. The maximum Gasteiger partial charge on any atom is 0.138 e. The Bertz CT molecular complexity index is 2010. The normalized spacial score (nSPS) is 12.0. The molecule has 0 unspecified atom stereocenters. The molecule has 0 fully saturated rings. The summed E-state index contributed by atoms with van der Waals surface area (Å²) in [6.45, 7) is 12.9. The summed E-state index contributed by atoms with van der Waals surface area (Å²) in [6, 6.07) is 28.7. The van der Waals surface area contributed by atoms with Crippen molar-refractivity contribution in [3.05, 3.63) is 103 Å². The lowest BCUT2D eigenvalue weighted by atomic mass is 10.1. The zero-order chi connectivity index (χ0) is 32.9. The first kappa shape index (κ1) is 31.6. The van der Waals surface area contributed by atoms with Gasteiger partial charge in [0, 0.05) is 28.4 Å². The number of aliphatic imine (C=N–C) groups is 1. The van der Waals surface area contributed by atoms with Gasteiger partial charge in [-0.05, 0) is 110 Å². The monoisotopic (exact) mass is 625 g/mol. The number of nitrogens with one attached hydrogen (secondary N) is 3. The van der Waals surface area contributed by atoms with Gasteiger partial charge in [-0.15, -0.1) is 0 Å². The van der Waals surface area contributed by atoms with Crippen molar-refractivity contribution in [1.29, 1.82) is 0 Å². The van der Waals surface area contributed by atoms with Gasteiger partial charge in [0.05, 0.1) is 28.1 Å². The van der Waals surface area contributed by atoms with Gasteiger partial charge in [-0.1, -0.05) is 40.3 Å². The third-order valence-corrected chi connectivity index (χ3v) is 8.73. The number of aromatic amines is 2. The summed E-state index contributed by atoms with van der Waals surface area (Å²) in [5.41, 5.74) is 14.8. The average molecular weight is 626 g/mol. The number of rotatable bonds is 13. The Morgan fingerprint density at radius 2 is 1.21 bits per heavy atom. The summed E-state index contributed by atoms with van der Waals surface area (Å²) >= 11 is 0. The van der Waals surface area contributed by atoms with E-state index >= 15 is 0 Å². The molecule has 4 aromatic carbocycles. The molecule has 0 saturated heterocycles. The number of imidazole rings is 2. The molecule has 0 bridgehead atoms. The minimum Gasteiger partial charge on any atom is -0.457 e. The third-order valence-electron chi connectivity index (χ3n) is 8.73. The molecule has 0 amide bonds. The predicted octanol–water partition coefficient (Wildman–Crippen LogP) is 9.21. The topological polar surface area (TPSA) is 117 Å². The van der Waals surface area contributed by atoms with Gasteiger partial charge in [0.1, 0.15) is 29.0 Å². The van der Waals surface area contributed by atoms with Crippen molar-refractivity contribution in [3.63, 3.8) is 0 Å². The van der Waals surface area contributed by atoms with E-state index in [9.17, 15) is 0 Å². The first-order valence-corrected chi connectivity index (χ1v) is 16.5. The zero-order valence-corrected chi connectivity index (χ0v) is 27.6. The van der Waals surface area contributed by atoms with Crippen LogP contribution < -0.4 is 15.8 Å². The fraction of sp³-hybridized carbons (Fsp3) is 0.256. The van der Waals surface area contributed by atoms with Crippen LogP contribution in [0.5, 0.6) is 11.5 Å². The highest BCUT2D eigenvalue weighted by Crippen LogP contribution is 2.29. The van der Waals surface area contributed by atoms with Crippen molar-refractivity contribution in [2.75, 3.05) is 0 Å². The molecule has 0 aliphatic heterocycles. The number of benzene rings is 4. The molecule has 5 N–H and O–H groups in total. The van der Waals surface area contributed by atoms with Crippen molar-refractivity contribution in [3.8, 4) is 34.3 Å². The molecule has 0 saturated carbocycles. The van der Waals surface area contributed by atoms with Crippen LogP contribution in [-0.2, 0) is 0 Å². The molecule has 240 valence electrons. The van der Waals surface area contributed by atoms with E-state index < -0.39 is 0 Å². The van der Waals surface area contributed by atoms with E-state index in [1.165, 1.54) is 0 Å². The van der Waals surface area contributed by atoms with Gasteiger partial charge in [0.15, 0.2) is 0 Å². The number of hydrogen-bond acceptors (Lipinski definition) is 5. The van der Waals surface area contributed by atoms with Crippen molar-refractivity contribution >= 4 is 33.6 Å². The van der Waals surface area contributed by atoms with Gasteiger partial charge in [-0.25, -0.2) is 9.97 Å². The first-order valence-electron chi connectivity index (χ1n) is 16.5. The predicted molar refractivity (Wildman–Crippen MR) is 195 cm³/mol. The molecule has 8 nitrogen and oxygen atoms in total. The van der Waals surface area contributed by atoms with Crippen LogP contribution in [0.2, 0.25) is 0 Å². The quantitative estimate of drug-likeness (QED) is 0.0754. The van der Waals surface area contributed by atoms with Crippen LogP contribution >= 0.6 is 0 Å². The number of aromatic nitrogens is 4. The second kappa shape index (κ2) is 14.0. The number of fused-ring (bicyclic) bond motifs is 2. The van der Waals surface area contributed by atoms with Gasteiger partial charge in [-0.3, -0.25) is 4.99 Å². The number of amidine groups is 1. The van der Waals surface area contributed by atoms with E-state index in [1.807, 2.05) is 72.8 Å². The van der Waals surface area contributed by atoms with Gasteiger partial charge in [0.25, 0.3) is 0 Å². The van der Waals surface area contributed by atoms with Gasteiger partial charge in [-0.2, -0.15) is 0 Å². The largest absolute Gasteiger partial charge is 0.457 e. The lowest BCUT2D eigenvalue weighted by Gasteiger charge is -2.18. The standard InChI is InChI=1S/C39H43N7O/c1-6-29(7-2)41-24(5)27-14-20-33-35(22-27)45-38(43-33)25-10-16-31(17-11-25)47-32-18-12-26(13-19-32)39-44-34-21-15-28(23-36(34)46-39)37(40)42-30(8-3)9-4/h10-23,29-30,41H,5-9H2,1-4H3,(H2,40,42)(H,43,45)(H,44,46). The minimum atomic E-state index is 0.237. The van der Waals surface area contributed by atoms with E-state index in [1.54, 1.807) is 0 Å². The molecule has 0 aliphatic carbocycles. The molecule has 6 rings (SSSR count). The number of H-pyrrole nitrogens is 2. The molecule has 0 spiro atoms. The summed E-state index contributed by atoms with van der Waals surface area (Å²) in [5.74, 6) is 3.64. The molecular formula is C39H43N7O. The number of ether oxygens (including phenoxy) is 1. The highest BCUT2D eigenvalue weighted by atomic mass is 16.5. The SMILES string of the molecule is C=C(NC(CC)CC)c1ccc2nc(-c3ccc(Oc4ccc(-c5nc6ccc(C(N)=NC(CC)CC)cc6[nH]5)cc4)cc3)[nH]c2c1. The summed E-state index contributed by atoms with van der Waals surface area (Å²) < 4.78 is 6.16. The summed E-state index contributed by atoms with van der Waals surface area (Å²) in [6.07, 6.45) is 4.06. The van der Waals surface area contributed by atoms with E-state index in [0.29, 0.717) is 11.9 Å². The molecule has 0 aliphatic rings. The van der Waals surface area contributed by atoms with E-state index in [4.69, 9.17) is 20.4 Å². The van der Waals surface area contributed by atoms with Crippen LogP contribution in [-0.4, -0.2) is 37.9 Å². The Hall–Kier alpha value is -5.37. The number of hydrogen-bond donors (Lipinski definition) is 4. The van der Waals surface area contributed by atoms with Crippen molar-refractivity contribution in [2.24, 2.45) is 10.7 Å². The first-order chi connectivity index (χ1) is 22.9. The molecule has 2 aromatic heterocycles. The third kappa shape index (κ3) is 7.07.